The molecule has 0 radical (unpaired) electrons. The molecule has 0 aliphatic carbocycles. The maximum atomic E-state index is 13.9. The van der Waals surface area contributed by atoms with Gasteiger partial charge in [-0.1, -0.05) is 28.1 Å². The van der Waals surface area contributed by atoms with Crippen molar-refractivity contribution in [2.75, 3.05) is 11.1 Å². The van der Waals surface area contributed by atoms with E-state index in [4.69, 9.17) is 0 Å². The van der Waals surface area contributed by atoms with Gasteiger partial charge in [0.05, 0.1) is 17.3 Å². The first kappa shape index (κ1) is 14.4. The Hall–Kier alpha value is -1.51. The lowest BCUT2D eigenvalue weighted by molar-refractivity contribution is 0.585. The molecular weight excluding hydrogens is 351 g/mol. The maximum absolute atomic E-state index is 13.9. The maximum Gasteiger partial charge on any atom is 0.137 e. The van der Waals surface area contributed by atoms with Crippen molar-refractivity contribution in [3.63, 3.8) is 0 Å². The van der Waals surface area contributed by atoms with E-state index in [1.165, 1.54) is 6.07 Å². The Bertz CT molecular complexity index is 727. The van der Waals surface area contributed by atoms with Gasteiger partial charge in [-0.05, 0) is 36.2 Å². The Labute approximate surface area is 135 Å². The molecule has 1 atom stereocenters. The van der Waals surface area contributed by atoms with Crippen LogP contribution in [0.15, 0.2) is 45.8 Å². The first-order chi connectivity index (χ1) is 10.2. The summed E-state index contributed by atoms with van der Waals surface area (Å²) in [6.07, 6.45) is 0.901. The van der Waals surface area contributed by atoms with Crippen LogP contribution < -0.4 is 5.32 Å². The number of nitrogens with zero attached hydrogens (tertiary/aromatic N) is 1. The van der Waals surface area contributed by atoms with Crippen molar-refractivity contribution in [2.24, 2.45) is 0 Å². The summed E-state index contributed by atoms with van der Waals surface area (Å²) in [5, 5.41) is 12.6. The minimum absolute atomic E-state index is 0.0262. The van der Waals surface area contributed by atoms with E-state index in [0.717, 1.165) is 32.8 Å². The van der Waals surface area contributed by atoms with Gasteiger partial charge in [0.1, 0.15) is 11.9 Å². The summed E-state index contributed by atoms with van der Waals surface area (Å²) in [6, 6.07) is 12.9. The summed E-state index contributed by atoms with van der Waals surface area (Å²) in [7, 11) is 0. The SMILES string of the molecule is N#Cc1ccc(Br)cc1NC1CCSc2c(F)cccc21. The Balaban J connectivity index is 1.96. The molecule has 2 aromatic carbocycles. The molecule has 0 fully saturated rings. The van der Waals surface area contributed by atoms with E-state index in [1.807, 2.05) is 18.2 Å². The largest absolute Gasteiger partial charge is 0.377 e. The Kier molecular flexibility index (Phi) is 4.18. The Morgan fingerprint density at radius 3 is 3.00 bits per heavy atom. The highest BCUT2D eigenvalue weighted by atomic mass is 79.9. The van der Waals surface area contributed by atoms with Crippen LogP contribution in [0.5, 0.6) is 0 Å². The van der Waals surface area contributed by atoms with E-state index in [-0.39, 0.29) is 11.9 Å². The van der Waals surface area contributed by atoms with Crippen LogP contribution in [0.2, 0.25) is 0 Å². The van der Waals surface area contributed by atoms with E-state index in [2.05, 4.69) is 27.3 Å². The highest BCUT2D eigenvalue weighted by Crippen LogP contribution is 2.39. The molecular formula is C16H12BrFN2S. The number of halogens is 2. The number of nitriles is 1. The molecule has 0 saturated heterocycles. The van der Waals surface area contributed by atoms with Crippen LogP contribution in [-0.4, -0.2) is 5.75 Å². The predicted molar refractivity (Wildman–Crippen MR) is 87.0 cm³/mol. The van der Waals surface area contributed by atoms with Crippen LogP contribution in [0.3, 0.4) is 0 Å². The van der Waals surface area contributed by atoms with Gasteiger partial charge in [-0.15, -0.1) is 11.8 Å². The monoisotopic (exact) mass is 362 g/mol. The van der Waals surface area contributed by atoms with Crippen molar-refractivity contribution in [1.29, 1.82) is 5.26 Å². The van der Waals surface area contributed by atoms with E-state index >= 15 is 0 Å². The van der Waals surface area contributed by atoms with Gasteiger partial charge >= 0.3 is 0 Å². The number of nitrogens with one attached hydrogen (secondary N) is 1. The molecule has 0 aromatic heterocycles. The van der Waals surface area contributed by atoms with Crippen molar-refractivity contribution in [1.82, 2.24) is 0 Å². The normalized spacial score (nSPS) is 16.9. The van der Waals surface area contributed by atoms with Crippen LogP contribution >= 0.6 is 27.7 Å². The molecule has 2 nitrogen and oxygen atoms in total. The first-order valence-corrected chi connectivity index (χ1v) is 8.34. The van der Waals surface area contributed by atoms with E-state index in [1.54, 1.807) is 23.9 Å². The lowest BCUT2D eigenvalue weighted by Gasteiger charge is -2.27. The second-order valence-electron chi connectivity index (χ2n) is 4.79. The van der Waals surface area contributed by atoms with Crippen molar-refractivity contribution in [3.05, 3.63) is 57.8 Å². The van der Waals surface area contributed by atoms with Gasteiger partial charge in [-0.25, -0.2) is 4.39 Å². The topological polar surface area (TPSA) is 35.8 Å². The zero-order valence-electron chi connectivity index (χ0n) is 11.1. The average Bonchev–Trinajstić information content (AvgIpc) is 2.49. The molecule has 21 heavy (non-hydrogen) atoms. The third-order valence-electron chi connectivity index (χ3n) is 3.46. The number of rotatable bonds is 2. The molecule has 1 unspecified atom stereocenters. The fourth-order valence-corrected chi connectivity index (χ4v) is 3.96. The van der Waals surface area contributed by atoms with Crippen LogP contribution in [0.4, 0.5) is 10.1 Å². The van der Waals surface area contributed by atoms with Crippen molar-refractivity contribution in [2.45, 2.75) is 17.4 Å². The summed E-state index contributed by atoms with van der Waals surface area (Å²) < 4.78 is 14.8. The predicted octanol–water partition coefficient (Wildman–Crippen LogP) is 5.11. The molecule has 2 aromatic rings. The Morgan fingerprint density at radius 1 is 1.33 bits per heavy atom. The van der Waals surface area contributed by atoms with Crippen LogP contribution in [0.25, 0.3) is 0 Å². The number of hydrogen-bond acceptors (Lipinski definition) is 3. The van der Waals surface area contributed by atoms with Crippen LogP contribution in [0.1, 0.15) is 23.6 Å². The Morgan fingerprint density at radius 2 is 2.19 bits per heavy atom. The fraction of sp³-hybridized carbons (Fsp3) is 0.188. The molecule has 1 heterocycles. The first-order valence-electron chi connectivity index (χ1n) is 6.56. The molecule has 0 amide bonds. The van der Waals surface area contributed by atoms with Crippen LogP contribution in [-0.2, 0) is 0 Å². The summed E-state index contributed by atoms with van der Waals surface area (Å²) in [4.78, 5) is 0.717. The molecule has 3 rings (SSSR count). The van der Waals surface area contributed by atoms with Gasteiger partial charge in [0.15, 0.2) is 0 Å². The molecule has 0 spiro atoms. The summed E-state index contributed by atoms with van der Waals surface area (Å²) >= 11 is 4.97. The van der Waals surface area contributed by atoms with E-state index in [9.17, 15) is 9.65 Å². The van der Waals surface area contributed by atoms with Crippen LogP contribution in [0, 0.1) is 17.1 Å². The highest BCUT2D eigenvalue weighted by Gasteiger charge is 2.23. The van der Waals surface area contributed by atoms with Gasteiger partial charge < -0.3 is 5.32 Å². The number of anilines is 1. The zero-order valence-corrected chi connectivity index (χ0v) is 13.5. The fourth-order valence-electron chi connectivity index (χ4n) is 2.46. The molecule has 1 aliphatic heterocycles. The smallest absolute Gasteiger partial charge is 0.137 e. The zero-order chi connectivity index (χ0) is 14.8. The van der Waals surface area contributed by atoms with Gasteiger partial charge in [0, 0.05) is 15.1 Å². The van der Waals surface area contributed by atoms with E-state index < -0.39 is 0 Å². The summed E-state index contributed by atoms with van der Waals surface area (Å²) in [5.74, 6) is 0.695. The summed E-state index contributed by atoms with van der Waals surface area (Å²) in [5.41, 5.74) is 2.34. The standard InChI is InChI=1S/C16H12BrFN2S/c17-11-5-4-10(9-19)15(8-11)20-14-6-7-21-16-12(14)2-1-3-13(16)18/h1-5,8,14,20H,6-7H2. The van der Waals surface area contributed by atoms with Crippen molar-refractivity contribution in [3.8, 4) is 6.07 Å². The third kappa shape index (κ3) is 2.92. The van der Waals surface area contributed by atoms with E-state index in [0.29, 0.717) is 5.56 Å². The number of fused-ring (bicyclic) bond motifs is 1. The number of thioether (sulfide) groups is 1. The van der Waals surface area contributed by atoms with Crippen molar-refractivity contribution < 1.29 is 4.39 Å². The lowest BCUT2D eigenvalue weighted by Crippen LogP contribution is -2.17. The highest BCUT2D eigenvalue weighted by molar-refractivity contribution is 9.10. The molecule has 0 saturated carbocycles. The quantitative estimate of drug-likeness (QED) is 0.806. The molecule has 106 valence electrons. The average molecular weight is 363 g/mol. The second kappa shape index (κ2) is 6.08. The second-order valence-corrected chi connectivity index (χ2v) is 6.81. The molecule has 5 heteroatoms. The number of benzene rings is 2. The third-order valence-corrected chi connectivity index (χ3v) is 5.11. The number of hydrogen-bond donors (Lipinski definition) is 1. The van der Waals surface area contributed by atoms with Gasteiger partial charge in [0.2, 0.25) is 0 Å². The van der Waals surface area contributed by atoms with Crippen molar-refractivity contribution >= 4 is 33.4 Å². The minimum atomic E-state index is -0.168. The molecule has 1 N–H and O–H groups in total. The van der Waals surface area contributed by atoms with Gasteiger partial charge in [0.25, 0.3) is 0 Å². The summed E-state index contributed by atoms with van der Waals surface area (Å²) in [6.45, 7) is 0. The molecule has 1 aliphatic rings. The minimum Gasteiger partial charge on any atom is -0.377 e. The van der Waals surface area contributed by atoms with Gasteiger partial charge in [-0.3, -0.25) is 0 Å². The van der Waals surface area contributed by atoms with Gasteiger partial charge in [-0.2, -0.15) is 5.26 Å². The lowest BCUT2D eigenvalue weighted by atomic mass is 10.0. The molecule has 0 bridgehead atoms.